The van der Waals surface area contributed by atoms with E-state index < -0.39 is 0 Å². The van der Waals surface area contributed by atoms with E-state index >= 15 is 0 Å². The van der Waals surface area contributed by atoms with Gasteiger partial charge in [-0.1, -0.05) is 39.0 Å². The van der Waals surface area contributed by atoms with E-state index in [0.717, 1.165) is 27.3 Å². The van der Waals surface area contributed by atoms with Gasteiger partial charge in [0.1, 0.15) is 0 Å². The summed E-state index contributed by atoms with van der Waals surface area (Å²) in [7, 11) is 0. The first-order valence-corrected chi connectivity index (χ1v) is 8.90. The van der Waals surface area contributed by atoms with E-state index in [9.17, 15) is 4.79 Å². The number of nitrogens with zero attached hydrogens (tertiary/aromatic N) is 2. The maximum absolute atomic E-state index is 12.3. The molecule has 0 unspecified atom stereocenters. The van der Waals surface area contributed by atoms with Gasteiger partial charge in [0, 0.05) is 35.2 Å². The van der Waals surface area contributed by atoms with Gasteiger partial charge in [-0.3, -0.25) is 9.78 Å². The lowest BCUT2D eigenvalue weighted by molar-refractivity contribution is -0.116. The number of hydrogen-bond acceptors (Lipinski definition) is 4. The lowest BCUT2D eigenvalue weighted by Crippen LogP contribution is -2.13. The van der Waals surface area contributed by atoms with Crippen molar-refractivity contribution in [2.24, 2.45) is 0 Å². The van der Waals surface area contributed by atoms with Crippen molar-refractivity contribution in [3.05, 3.63) is 52.6 Å². The second kappa shape index (κ2) is 6.69. The highest BCUT2D eigenvalue weighted by atomic mass is 32.1. The average molecular weight is 339 g/mol. The van der Waals surface area contributed by atoms with Crippen LogP contribution in [0.2, 0.25) is 0 Å². The van der Waals surface area contributed by atoms with Crippen molar-refractivity contribution in [3.63, 3.8) is 0 Å². The molecule has 1 amide bonds. The Morgan fingerprint density at radius 3 is 2.75 bits per heavy atom. The van der Waals surface area contributed by atoms with Crippen LogP contribution in [0.5, 0.6) is 0 Å². The standard InChI is InChI=1S/C19H21N3OS/c1-19(2,3)15-12-24-17(22-15)10-9-16(23)21-14-8-4-6-13-7-5-11-20-18(13)14/h4-8,11-12H,9-10H2,1-3H3,(H,21,23). The third-order valence-electron chi connectivity index (χ3n) is 3.79. The summed E-state index contributed by atoms with van der Waals surface area (Å²) in [5, 5.41) is 7.08. The van der Waals surface area contributed by atoms with E-state index in [1.165, 1.54) is 0 Å². The fourth-order valence-electron chi connectivity index (χ4n) is 2.41. The molecule has 0 aliphatic carbocycles. The minimum Gasteiger partial charge on any atom is -0.324 e. The summed E-state index contributed by atoms with van der Waals surface area (Å²) in [6, 6.07) is 9.68. The lowest BCUT2D eigenvalue weighted by atomic mass is 9.93. The number of rotatable bonds is 4. The van der Waals surface area contributed by atoms with Crippen LogP contribution in [-0.4, -0.2) is 15.9 Å². The highest BCUT2D eigenvalue weighted by molar-refractivity contribution is 7.09. The summed E-state index contributed by atoms with van der Waals surface area (Å²) in [5.74, 6) is -0.0133. The summed E-state index contributed by atoms with van der Waals surface area (Å²) in [6.45, 7) is 6.43. The van der Waals surface area contributed by atoms with Crippen molar-refractivity contribution >= 4 is 33.8 Å². The van der Waals surface area contributed by atoms with Crippen LogP contribution in [0.3, 0.4) is 0 Å². The number of hydrogen-bond donors (Lipinski definition) is 1. The van der Waals surface area contributed by atoms with Gasteiger partial charge in [-0.25, -0.2) is 4.98 Å². The van der Waals surface area contributed by atoms with Gasteiger partial charge in [-0.15, -0.1) is 11.3 Å². The summed E-state index contributed by atoms with van der Waals surface area (Å²) in [4.78, 5) is 21.3. The third-order valence-corrected chi connectivity index (χ3v) is 4.70. The second-order valence-corrected chi connectivity index (χ2v) is 7.75. The maximum Gasteiger partial charge on any atom is 0.224 e. The molecule has 24 heavy (non-hydrogen) atoms. The van der Waals surface area contributed by atoms with Crippen LogP contribution in [0, 0.1) is 0 Å². The van der Waals surface area contributed by atoms with Gasteiger partial charge in [0.2, 0.25) is 5.91 Å². The van der Waals surface area contributed by atoms with E-state index in [-0.39, 0.29) is 11.3 Å². The van der Waals surface area contributed by atoms with Crippen molar-refractivity contribution in [2.75, 3.05) is 5.32 Å². The SMILES string of the molecule is CC(C)(C)c1csc(CCC(=O)Nc2cccc3cccnc23)n1. The Morgan fingerprint density at radius 2 is 2.00 bits per heavy atom. The molecule has 0 spiro atoms. The van der Waals surface area contributed by atoms with Gasteiger partial charge in [0.05, 0.1) is 21.9 Å². The average Bonchev–Trinajstić information content (AvgIpc) is 3.03. The molecular weight excluding hydrogens is 318 g/mol. The van der Waals surface area contributed by atoms with Gasteiger partial charge in [-0.2, -0.15) is 0 Å². The van der Waals surface area contributed by atoms with E-state index in [4.69, 9.17) is 0 Å². The first kappa shape index (κ1) is 16.6. The smallest absolute Gasteiger partial charge is 0.224 e. The number of benzene rings is 1. The summed E-state index contributed by atoms with van der Waals surface area (Å²) in [6.07, 6.45) is 2.81. The molecule has 0 radical (unpaired) electrons. The predicted octanol–water partition coefficient (Wildman–Crippen LogP) is 4.56. The number of aryl methyl sites for hydroxylation is 1. The first-order chi connectivity index (χ1) is 11.4. The van der Waals surface area contributed by atoms with E-state index in [2.05, 4.69) is 41.4 Å². The Bertz CT molecular complexity index is 859. The fraction of sp³-hybridized carbons (Fsp3) is 0.316. The number of thiazole rings is 1. The number of aromatic nitrogens is 2. The lowest BCUT2D eigenvalue weighted by Gasteiger charge is -2.14. The topological polar surface area (TPSA) is 54.9 Å². The normalized spacial score (nSPS) is 11.6. The molecule has 0 bridgehead atoms. The summed E-state index contributed by atoms with van der Waals surface area (Å²) >= 11 is 1.62. The molecule has 1 aromatic carbocycles. The number of amides is 1. The Kier molecular flexibility index (Phi) is 4.62. The van der Waals surface area contributed by atoms with Gasteiger partial charge < -0.3 is 5.32 Å². The molecule has 0 aliphatic heterocycles. The van der Waals surface area contributed by atoms with Gasteiger partial charge >= 0.3 is 0 Å². The van der Waals surface area contributed by atoms with Crippen LogP contribution in [0.1, 0.15) is 37.9 Å². The zero-order valence-corrected chi connectivity index (χ0v) is 15.0. The van der Waals surface area contributed by atoms with Crippen molar-refractivity contribution in [2.45, 2.75) is 39.0 Å². The largest absolute Gasteiger partial charge is 0.324 e. The molecule has 0 atom stereocenters. The molecule has 3 rings (SSSR count). The molecule has 4 nitrogen and oxygen atoms in total. The number of fused-ring (bicyclic) bond motifs is 1. The fourth-order valence-corrected chi connectivity index (χ4v) is 3.43. The van der Waals surface area contributed by atoms with Crippen LogP contribution in [0.15, 0.2) is 41.9 Å². The van der Waals surface area contributed by atoms with Crippen molar-refractivity contribution in [1.29, 1.82) is 0 Å². The molecule has 3 aromatic rings. The van der Waals surface area contributed by atoms with Crippen molar-refractivity contribution in [3.8, 4) is 0 Å². The summed E-state index contributed by atoms with van der Waals surface area (Å²) < 4.78 is 0. The minimum absolute atomic E-state index is 0.0133. The third kappa shape index (κ3) is 3.79. The highest BCUT2D eigenvalue weighted by Crippen LogP contribution is 2.25. The van der Waals surface area contributed by atoms with Crippen LogP contribution < -0.4 is 5.32 Å². The second-order valence-electron chi connectivity index (χ2n) is 6.81. The molecule has 0 saturated carbocycles. The van der Waals surface area contributed by atoms with Crippen LogP contribution in [-0.2, 0) is 16.6 Å². The Balaban J connectivity index is 1.64. The van der Waals surface area contributed by atoms with Gasteiger partial charge in [-0.05, 0) is 12.1 Å². The number of nitrogens with one attached hydrogen (secondary N) is 1. The molecule has 124 valence electrons. The van der Waals surface area contributed by atoms with E-state index in [1.807, 2.05) is 30.3 Å². The molecule has 2 heterocycles. The number of pyridine rings is 1. The Labute approximate surface area is 146 Å². The van der Waals surface area contributed by atoms with Gasteiger partial charge in [0.25, 0.3) is 0 Å². The van der Waals surface area contributed by atoms with E-state index in [0.29, 0.717) is 12.8 Å². The summed E-state index contributed by atoms with van der Waals surface area (Å²) in [5.41, 5.74) is 2.71. The van der Waals surface area contributed by atoms with Crippen LogP contribution in [0.25, 0.3) is 10.9 Å². The predicted molar refractivity (Wildman–Crippen MR) is 99.5 cm³/mol. The quantitative estimate of drug-likeness (QED) is 0.758. The highest BCUT2D eigenvalue weighted by Gasteiger charge is 2.17. The molecule has 0 saturated heterocycles. The molecule has 0 aliphatic rings. The number of anilines is 1. The molecule has 1 N–H and O–H groups in total. The zero-order valence-electron chi connectivity index (χ0n) is 14.2. The Morgan fingerprint density at radius 1 is 1.21 bits per heavy atom. The number of carbonyl (C=O) groups excluding carboxylic acids is 1. The molecule has 2 aromatic heterocycles. The van der Waals surface area contributed by atoms with E-state index in [1.54, 1.807) is 17.5 Å². The first-order valence-electron chi connectivity index (χ1n) is 8.02. The Hall–Kier alpha value is -2.27. The molecule has 0 fully saturated rings. The van der Waals surface area contributed by atoms with Crippen LogP contribution in [0.4, 0.5) is 5.69 Å². The zero-order chi connectivity index (χ0) is 17.2. The van der Waals surface area contributed by atoms with Crippen LogP contribution >= 0.6 is 11.3 Å². The molecular formula is C19H21N3OS. The van der Waals surface area contributed by atoms with Crippen molar-refractivity contribution in [1.82, 2.24) is 9.97 Å². The molecule has 5 heteroatoms. The minimum atomic E-state index is -0.0133. The number of para-hydroxylation sites is 1. The van der Waals surface area contributed by atoms with Gasteiger partial charge in [0.15, 0.2) is 0 Å². The maximum atomic E-state index is 12.3. The monoisotopic (exact) mass is 339 g/mol. The van der Waals surface area contributed by atoms with Crippen molar-refractivity contribution < 1.29 is 4.79 Å². The number of carbonyl (C=O) groups is 1.